The van der Waals surface area contributed by atoms with E-state index in [-0.39, 0.29) is 11.9 Å². The fraction of sp³-hybridized carbons (Fsp3) is 0.450. The fourth-order valence-electron chi connectivity index (χ4n) is 3.71. The Kier molecular flexibility index (Phi) is 4.92. The van der Waals surface area contributed by atoms with Gasteiger partial charge >= 0.3 is 0 Å². The summed E-state index contributed by atoms with van der Waals surface area (Å²) in [4.78, 5) is 14.1. The third kappa shape index (κ3) is 3.66. The van der Waals surface area contributed by atoms with Crippen molar-refractivity contribution in [3.63, 3.8) is 0 Å². The van der Waals surface area contributed by atoms with Crippen molar-refractivity contribution in [3.05, 3.63) is 46.2 Å². The van der Waals surface area contributed by atoms with Gasteiger partial charge in [-0.15, -0.1) is 11.3 Å². The molecule has 1 atom stereocenters. The van der Waals surface area contributed by atoms with Crippen molar-refractivity contribution in [2.75, 3.05) is 13.2 Å². The highest BCUT2D eigenvalue weighted by molar-refractivity contribution is 7.10. The first-order valence-corrected chi connectivity index (χ1v) is 9.93. The smallest absolute Gasteiger partial charge is 0.251 e. The largest absolute Gasteiger partial charge is 0.490 e. The van der Waals surface area contributed by atoms with E-state index in [0.717, 1.165) is 12.2 Å². The molecule has 1 aliphatic heterocycles. The normalized spacial score (nSPS) is 18.6. The van der Waals surface area contributed by atoms with Crippen LogP contribution in [0.2, 0.25) is 0 Å². The van der Waals surface area contributed by atoms with Crippen LogP contribution in [-0.4, -0.2) is 19.1 Å². The van der Waals surface area contributed by atoms with Crippen molar-refractivity contribution >= 4 is 17.2 Å². The van der Waals surface area contributed by atoms with Crippen LogP contribution in [0, 0.1) is 5.92 Å². The van der Waals surface area contributed by atoms with Crippen LogP contribution in [0.15, 0.2) is 35.7 Å². The number of rotatable bonds is 4. The van der Waals surface area contributed by atoms with Gasteiger partial charge in [-0.25, -0.2) is 0 Å². The highest BCUT2D eigenvalue weighted by atomic mass is 32.1. The lowest BCUT2D eigenvalue weighted by Gasteiger charge is -2.24. The first-order chi connectivity index (χ1) is 12.3. The zero-order valence-electron chi connectivity index (χ0n) is 14.2. The lowest BCUT2D eigenvalue weighted by atomic mass is 9.96. The number of hydrogen-bond donors (Lipinski definition) is 1. The molecule has 1 amide bonds. The molecular formula is C20H23NO3S. The van der Waals surface area contributed by atoms with Gasteiger partial charge in [0.25, 0.3) is 5.91 Å². The van der Waals surface area contributed by atoms with Crippen LogP contribution in [0.5, 0.6) is 11.5 Å². The Bertz CT molecular complexity index is 723. The Morgan fingerprint density at radius 2 is 1.88 bits per heavy atom. The van der Waals surface area contributed by atoms with E-state index in [0.29, 0.717) is 30.4 Å². The minimum absolute atomic E-state index is 0.0408. The van der Waals surface area contributed by atoms with Crippen molar-refractivity contribution in [2.24, 2.45) is 5.92 Å². The van der Waals surface area contributed by atoms with Gasteiger partial charge in [-0.2, -0.15) is 0 Å². The zero-order valence-corrected chi connectivity index (χ0v) is 15.0. The molecule has 1 aromatic carbocycles. The van der Waals surface area contributed by atoms with Gasteiger partial charge in [0.2, 0.25) is 0 Å². The molecule has 0 spiro atoms. The summed E-state index contributed by atoms with van der Waals surface area (Å²) in [6, 6.07) is 9.75. The fourth-order valence-corrected chi connectivity index (χ4v) is 4.58. The number of nitrogens with one attached hydrogen (secondary N) is 1. The van der Waals surface area contributed by atoms with E-state index in [1.807, 2.05) is 12.1 Å². The number of hydrogen-bond acceptors (Lipinski definition) is 4. The third-order valence-electron chi connectivity index (χ3n) is 5.02. The highest BCUT2D eigenvalue weighted by Gasteiger charge is 2.29. The van der Waals surface area contributed by atoms with Crippen LogP contribution in [0.3, 0.4) is 0 Å². The molecule has 132 valence electrons. The molecule has 2 heterocycles. The lowest BCUT2D eigenvalue weighted by Crippen LogP contribution is -2.32. The standard InChI is InChI=1S/C20H23NO3S/c22-20(15-8-9-16-17(13-15)24-11-4-10-23-16)21-19(14-5-1-2-6-14)18-7-3-12-25-18/h3,7-9,12-14,19H,1-2,4-6,10-11H2,(H,21,22)/t19-/m1/s1. The summed E-state index contributed by atoms with van der Waals surface area (Å²) in [5, 5.41) is 5.36. The predicted octanol–water partition coefficient (Wildman–Crippen LogP) is 4.57. The lowest BCUT2D eigenvalue weighted by molar-refractivity contribution is 0.0922. The Labute approximate surface area is 152 Å². The van der Waals surface area contributed by atoms with Gasteiger partial charge in [0.05, 0.1) is 19.3 Å². The number of amides is 1. The summed E-state index contributed by atoms with van der Waals surface area (Å²) in [6.45, 7) is 1.28. The van der Waals surface area contributed by atoms with Crippen LogP contribution in [0.4, 0.5) is 0 Å². The molecule has 0 radical (unpaired) electrons. The molecule has 0 unspecified atom stereocenters. The monoisotopic (exact) mass is 357 g/mol. The van der Waals surface area contributed by atoms with Crippen molar-refractivity contribution in [2.45, 2.75) is 38.1 Å². The second-order valence-corrected chi connectivity index (χ2v) is 7.70. The molecule has 5 heteroatoms. The maximum Gasteiger partial charge on any atom is 0.251 e. The summed E-state index contributed by atoms with van der Waals surface area (Å²) in [6.07, 6.45) is 5.74. The topological polar surface area (TPSA) is 47.6 Å². The van der Waals surface area contributed by atoms with Crippen LogP contribution >= 0.6 is 11.3 Å². The summed E-state index contributed by atoms with van der Waals surface area (Å²) in [7, 11) is 0. The molecule has 1 aromatic heterocycles. The van der Waals surface area contributed by atoms with Gasteiger partial charge in [-0.1, -0.05) is 18.9 Å². The molecule has 0 saturated heterocycles. The van der Waals surface area contributed by atoms with Gasteiger partial charge in [-0.3, -0.25) is 4.79 Å². The SMILES string of the molecule is O=C(N[C@@H](c1cccs1)C1CCCC1)c1ccc2c(c1)OCCCO2. The van der Waals surface area contributed by atoms with E-state index in [2.05, 4.69) is 22.8 Å². The summed E-state index contributed by atoms with van der Waals surface area (Å²) in [5.74, 6) is 1.88. The average Bonchev–Trinajstić information content (AvgIpc) is 3.30. The molecule has 2 aliphatic rings. The first kappa shape index (κ1) is 16.5. The molecule has 1 aliphatic carbocycles. The molecule has 1 fully saturated rings. The maximum atomic E-state index is 12.9. The number of thiophene rings is 1. The van der Waals surface area contributed by atoms with Gasteiger partial charge in [0.1, 0.15) is 0 Å². The average molecular weight is 357 g/mol. The molecule has 0 bridgehead atoms. The third-order valence-corrected chi connectivity index (χ3v) is 5.97. The van der Waals surface area contributed by atoms with Gasteiger partial charge < -0.3 is 14.8 Å². The van der Waals surface area contributed by atoms with Crippen molar-refractivity contribution < 1.29 is 14.3 Å². The summed E-state index contributed by atoms with van der Waals surface area (Å²) < 4.78 is 11.4. The number of benzene rings is 1. The number of carbonyl (C=O) groups excluding carboxylic acids is 1. The van der Waals surface area contributed by atoms with E-state index in [4.69, 9.17) is 9.47 Å². The van der Waals surface area contributed by atoms with Crippen LogP contribution in [-0.2, 0) is 0 Å². The van der Waals surface area contributed by atoms with E-state index >= 15 is 0 Å². The highest BCUT2D eigenvalue weighted by Crippen LogP contribution is 2.38. The minimum atomic E-state index is -0.0408. The first-order valence-electron chi connectivity index (χ1n) is 9.05. The second kappa shape index (κ2) is 7.48. The molecule has 1 N–H and O–H groups in total. The van der Waals surface area contributed by atoms with E-state index in [1.54, 1.807) is 17.4 Å². The van der Waals surface area contributed by atoms with Gasteiger partial charge in [0.15, 0.2) is 11.5 Å². The molecular weight excluding hydrogens is 334 g/mol. The summed E-state index contributed by atoms with van der Waals surface area (Å²) >= 11 is 1.72. The Balaban J connectivity index is 1.54. The minimum Gasteiger partial charge on any atom is -0.490 e. The van der Waals surface area contributed by atoms with Crippen molar-refractivity contribution in [1.29, 1.82) is 0 Å². The molecule has 2 aromatic rings. The van der Waals surface area contributed by atoms with Crippen LogP contribution in [0.1, 0.15) is 53.4 Å². The van der Waals surface area contributed by atoms with Crippen molar-refractivity contribution in [1.82, 2.24) is 5.32 Å². The van der Waals surface area contributed by atoms with Gasteiger partial charge in [0, 0.05) is 16.9 Å². The number of fused-ring (bicyclic) bond motifs is 1. The summed E-state index contributed by atoms with van der Waals surface area (Å²) in [5.41, 5.74) is 0.629. The molecule has 1 saturated carbocycles. The Hall–Kier alpha value is -2.01. The molecule has 25 heavy (non-hydrogen) atoms. The maximum absolute atomic E-state index is 12.9. The van der Waals surface area contributed by atoms with Gasteiger partial charge in [-0.05, 0) is 48.4 Å². The molecule has 4 rings (SSSR count). The van der Waals surface area contributed by atoms with Crippen LogP contribution in [0.25, 0.3) is 0 Å². The second-order valence-electron chi connectivity index (χ2n) is 6.72. The Morgan fingerprint density at radius 1 is 1.08 bits per heavy atom. The van der Waals surface area contributed by atoms with E-state index < -0.39 is 0 Å². The Morgan fingerprint density at radius 3 is 2.64 bits per heavy atom. The zero-order chi connectivity index (χ0) is 17.1. The van der Waals surface area contributed by atoms with E-state index in [9.17, 15) is 4.79 Å². The van der Waals surface area contributed by atoms with E-state index in [1.165, 1.54) is 30.6 Å². The quantitative estimate of drug-likeness (QED) is 0.872. The van der Waals surface area contributed by atoms with Crippen molar-refractivity contribution in [3.8, 4) is 11.5 Å². The molecule has 4 nitrogen and oxygen atoms in total. The predicted molar refractivity (Wildman–Crippen MR) is 98.5 cm³/mol. The number of carbonyl (C=O) groups is 1. The number of ether oxygens (including phenoxy) is 2. The van der Waals surface area contributed by atoms with Crippen LogP contribution < -0.4 is 14.8 Å².